The van der Waals surface area contributed by atoms with Gasteiger partial charge in [0.05, 0.1) is 24.9 Å². The first-order chi connectivity index (χ1) is 11.8. The second-order valence-electron chi connectivity index (χ2n) is 8.49. The zero-order chi connectivity index (χ0) is 18.2. The van der Waals surface area contributed by atoms with Crippen LogP contribution in [0.4, 0.5) is 0 Å². The predicted molar refractivity (Wildman–Crippen MR) is 97.8 cm³/mol. The molecular weight excluding hydrogens is 316 g/mol. The van der Waals surface area contributed by atoms with Gasteiger partial charge in [0.2, 0.25) is 0 Å². The lowest BCUT2D eigenvalue weighted by atomic mass is 9.61. The van der Waals surface area contributed by atoms with E-state index in [2.05, 4.69) is 25.7 Å². The van der Waals surface area contributed by atoms with Crippen molar-refractivity contribution in [1.82, 2.24) is 0 Å². The monoisotopic (exact) mass is 348 g/mol. The zero-order valence-electron chi connectivity index (χ0n) is 15.2. The van der Waals surface area contributed by atoms with E-state index in [-0.39, 0.29) is 24.0 Å². The SMILES string of the molecule is C=C1CC[C@H](O)C/C1=C/C=C1\C[C@@H](O)C[C@]2(C)[C@@H]([C@H](O)CO)CC[C@@H]12. The van der Waals surface area contributed by atoms with Crippen molar-refractivity contribution >= 4 is 0 Å². The van der Waals surface area contributed by atoms with Gasteiger partial charge < -0.3 is 20.4 Å². The molecule has 6 atom stereocenters. The quantitative estimate of drug-likeness (QED) is 0.632. The highest BCUT2D eigenvalue weighted by Gasteiger charge is 2.53. The van der Waals surface area contributed by atoms with Gasteiger partial charge in [-0.25, -0.2) is 0 Å². The van der Waals surface area contributed by atoms with Crippen LogP contribution in [-0.2, 0) is 0 Å². The van der Waals surface area contributed by atoms with E-state index in [0.717, 1.165) is 36.8 Å². The van der Waals surface area contributed by atoms with E-state index >= 15 is 0 Å². The van der Waals surface area contributed by atoms with Crippen LogP contribution in [-0.4, -0.2) is 45.3 Å². The van der Waals surface area contributed by atoms with Crippen molar-refractivity contribution in [2.45, 2.75) is 70.2 Å². The minimum atomic E-state index is -0.715. The lowest BCUT2D eigenvalue weighted by molar-refractivity contribution is -0.0366. The topological polar surface area (TPSA) is 80.9 Å². The van der Waals surface area contributed by atoms with Crippen LogP contribution in [0, 0.1) is 17.3 Å². The van der Waals surface area contributed by atoms with Crippen LogP contribution in [0.15, 0.2) is 35.5 Å². The van der Waals surface area contributed by atoms with E-state index in [1.165, 1.54) is 5.57 Å². The summed E-state index contributed by atoms with van der Waals surface area (Å²) in [6, 6.07) is 0. The Labute approximate surface area is 150 Å². The van der Waals surface area contributed by atoms with Crippen LogP contribution >= 0.6 is 0 Å². The molecule has 0 aliphatic heterocycles. The summed E-state index contributed by atoms with van der Waals surface area (Å²) in [4.78, 5) is 0. The first kappa shape index (κ1) is 18.8. The molecule has 140 valence electrons. The molecule has 4 N–H and O–H groups in total. The summed E-state index contributed by atoms with van der Waals surface area (Å²) in [6.45, 7) is 6.05. The first-order valence-electron chi connectivity index (χ1n) is 9.58. The van der Waals surface area contributed by atoms with Crippen molar-refractivity contribution in [3.05, 3.63) is 35.5 Å². The van der Waals surface area contributed by atoms with Gasteiger partial charge in [-0.3, -0.25) is 0 Å². The Morgan fingerprint density at radius 2 is 1.92 bits per heavy atom. The standard InChI is InChI=1S/C21H32O4/c1-13-3-6-16(23)9-14(13)4-5-15-10-17(24)11-21(2)18(15)7-8-19(21)20(25)12-22/h4-5,16-20,22-25H,1,3,6-12H2,2H3/b14-4-,15-5+/t16-,17+,18-,19+,20+,21-/m0/s1. The predicted octanol–water partition coefficient (Wildman–Crippen LogP) is 2.48. The molecule has 0 spiro atoms. The Hall–Kier alpha value is -0.940. The molecule has 0 heterocycles. The van der Waals surface area contributed by atoms with Gasteiger partial charge in [-0.1, -0.05) is 36.8 Å². The fourth-order valence-electron chi connectivity index (χ4n) is 5.50. The Morgan fingerprint density at radius 3 is 2.64 bits per heavy atom. The van der Waals surface area contributed by atoms with Gasteiger partial charge in [-0.2, -0.15) is 0 Å². The van der Waals surface area contributed by atoms with Gasteiger partial charge in [0, 0.05) is 0 Å². The largest absolute Gasteiger partial charge is 0.394 e. The molecule has 0 aromatic carbocycles. The molecule has 0 saturated heterocycles. The summed E-state index contributed by atoms with van der Waals surface area (Å²) < 4.78 is 0. The van der Waals surface area contributed by atoms with E-state index in [1.54, 1.807) is 0 Å². The lowest BCUT2D eigenvalue weighted by Crippen LogP contribution is -2.43. The van der Waals surface area contributed by atoms with E-state index in [4.69, 9.17) is 0 Å². The first-order valence-corrected chi connectivity index (χ1v) is 9.58. The fraction of sp³-hybridized carbons (Fsp3) is 0.714. The maximum Gasteiger partial charge on any atom is 0.0804 e. The summed E-state index contributed by atoms with van der Waals surface area (Å²) in [5, 5.41) is 39.9. The van der Waals surface area contributed by atoms with Crippen LogP contribution in [0.2, 0.25) is 0 Å². The third-order valence-electron chi connectivity index (χ3n) is 6.84. The highest BCUT2D eigenvalue weighted by Crippen LogP contribution is 2.58. The molecule has 0 bridgehead atoms. The molecule has 0 unspecified atom stereocenters. The average molecular weight is 348 g/mol. The number of aliphatic hydroxyl groups excluding tert-OH is 4. The van der Waals surface area contributed by atoms with Crippen molar-refractivity contribution in [2.24, 2.45) is 17.3 Å². The van der Waals surface area contributed by atoms with Gasteiger partial charge in [0.15, 0.2) is 0 Å². The van der Waals surface area contributed by atoms with E-state index in [9.17, 15) is 20.4 Å². The molecule has 3 aliphatic carbocycles. The summed E-state index contributed by atoms with van der Waals surface area (Å²) in [7, 11) is 0. The lowest BCUT2D eigenvalue weighted by Gasteiger charge is -2.45. The molecule has 4 heteroatoms. The normalized spacial score (nSPS) is 43.5. The zero-order valence-corrected chi connectivity index (χ0v) is 15.2. The highest BCUT2D eigenvalue weighted by atomic mass is 16.3. The van der Waals surface area contributed by atoms with Crippen LogP contribution in [0.5, 0.6) is 0 Å². The minimum absolute atomic E-state index is 0.0278. The maximum absolute atomic E-state index is 10.4. The average Bonchev–Trinajstić information content (AvgIpc) is 2.91. The molecular formula is C21H32O4. The third-order valence-corrected chi connectivity index (χ3v) is 6.84. The van der Waals surface area contributed by atoms with Gasteiger partial charge in [-0.05, 0) is 67.8 Å². The second-order valence-corrected chi connectivity index (χ2v) is 8.49. The molecule has 0 aromatic rings. The van der Waals surface area contributed by atoms with Gasteiger partial charge >= 0.3 is 0 Å². The Morgan fingerprint density at radius 1 is 1.16 bits per heavy atom. The van der Waals surface area contributed by atoms with Gasteiger partial charge in [-0.15, -0.1) is 0 Å². The minimum Gasteiger partial charge on any atom is -0.394 e. The number of allylic oxidation sites excluding steroid dienone is 3. The Bertz CT molecular complexity index is 578. The molecule has 0 aromatic heterocycles. The van der Waals surface area contributed by atoms with Gasteiger partial charge in [0.25, 0.3) is 0 Å². The van der Waals surface area contributed by atoms with Crippen LogP contribution in [0.1, 0.15) is 51.9 Å². The summed E-state index contributed by atoms with van der Waals surface area (Å²) >= 11 is 0. The third kappa shape index (κ3) is 3.63. The number of hydrogen-bond donors (Lipinski definition) is 4. The second kappa shape index (κ2) is 7.36. The number of rotatable bonds is 3. The van der Waals surface area contributed by atoms with Crippen molar-refractivity contribution < 1.29 is 20.4 Å². The van der Waals surface area contributed by atoms with Crippen molar-refractivity contribution in [3.63, 3.8) is 0 Å². The molecule has 0 radical (unpaired) electrons. The summed E-state index contributed by atoms with van der Waals surface area (Å²) in [5.41, 5.74) is 3.27. The van der Waals surface area contributed by atoms with Crippen molar-refractivity contribution in [1.29, 1.82) is 0 Å². The molecule has 3 rings (SSSR count). The smallest absolute Gasteiger partial charge is 0.0804 e. The fourth-order valence-corrected chi connectivity index (χ4v) is 5.50. The van der Waals surface area contributed by atoms with E-state index < -0.39 is 12.2 Å². The highest BCUT2D eigenvalue weighted by molar-refractivity contribution is 5.36. The Kier molecular flexibility index (Phi) is 5.54. The van der Waals surface area contributed by atoms with Crippen LogP contribution in [0.25, 0.3) is 0 Å². The van der Waals surface area contributed by atoms with E-state index in [1.807, 2.05) is 0 Å². The Balaban J connectivity index is 1.85. The molecule has 0 amide bonds. The number of hydrogen-bond acceptors (Lipinski definition) is 4. The number of aliphatic hydroxyl groups is 4. The van der Waals surface area contributed by atoms with Gasteiger partial charge in [0.1, 0.15) is 0 Å². The summed E-state index contributed by atoms with van der Waals surface area (Å²) in [5.74, 6) is 0.362. The van der Waals surface area contributed by atoms with Crippen molar-refractivity contribution in [3.8, 4) is 0 Å². The molecule has 4 nitrogen and oxygen atoms in total. The van der Waals surface area contributed by atoms with Crippen molar-refractivity contribution in [2.75, 3.05) is 6.61 Å². The molecule has 3 aliphatic rings. The van der Waals surface area contributed by atoms with Crippen LogP contribution < -0.4 is 0 Å². The number of fused-ring (bicyclic) bond motifs is 1. The maximum atomic E-state index is 10.4. The van der Waals surface area contributed by atoms with Crippen LogP contribution in [0.3, 0.4) is 0 Å². The van der Waals surface area contributed by atoms with E-state index in [0.29, 0.717) is 25.2 Å². The summed E-state index contributed by atoms with van der Waals surface area (Å²) in [6.07, 6.45) is 8.29. The molecule has 25 heavy (non-hydrogen) atoms. The molecule has 3 fully saturated rings. The molecule has 3 saturated carbocycles.